The average molecular weight is 358 g/mol. The van der Waals surface area contributed by atoms with E-state index in [2.05, 4.69) is 19.4 Å². The number of nitrogens with zero attached hydrogens (tertiary/aromatic N) is 4. The number of aryl methyl sites for hydroxylation is 1. The van der Waals surface area contributed by atoms with Crippen molar-refractivity contribution in [3.63, 3.8) is 0 Å². The topological polar surface area (TPSA) is 33.5 Å². The number of ether oxygens (including phenoxy) is 1. The van der Waals surface area contributed by atoms with Crippen LogP contribution in [0.2, 0.25) is 0 Å². The Balaban J connectivity index is 1.40. The Kier molecular flexibility index (Phi) is 5.07. The molecular formula is C20H27FN4O. The van der Waals surface area contributed by atoms with E-state index in [4.69, 9.17) is 4.74 Å². The standard InChI is InChI=1S/C20H27FN4O/c1-23-9-7-22-19(23)13-24-8-6-20(14-24)15-25(10-11-26-16-20)12-17-2-4-18(21)5-3-17/h2-5,7,9H,6,8,10-16H2,1H3/t20-/m1/s1. The highest BCUT2D eigenvalue weighted by molar-refractivity contribution is 5.16. The van der Waals surface area contributed by atoms with Crippen molar-refractivity contribution in [1.29, 1.82) is 0 Å². The number of hydrogen-bond donors (Lipinski definition) is 0. The lowest BCUT2D eigenvalue weighted by Crippen LogP contribution is -2.40. The summed E-state index contributed by atoms with van der Waals surface area (Å²) in [5.41, 5.74) is 1.34. The van der Waals surface area contributed by atoms with Gasteiger partial charge in [-0.3, -0.25) is 9.80 Å². The van der Waals surface area contributed by atoms with Crippen LogP contribution in [0.15, 0.2) is 36.7 Å². The van der Waals surface area contributed by atoms with Crippen molar-refractivity contribution in [3.05, 3.63) is 53.9 Å². The van der Waals surface area contributed by atoms with Crippen LogP contribution in [0.1, 0.15) is 17.8 Å². The summed E-state index contributed by atoms with van der Waals surface area (Å²) >= 11 is 0. The van der Waals surface area contributed by atoms with Gasteiger partial charge in [-0.1, -0.05) is 12.1 Å². The van der Waals surface area contributed by atoms with Gasteiger partial charge in [0, 0.05) is 51.0 Å². The first-order chi connectivity index (χ1) is 12.6. The molecule has 1 atom stereocenters. The predicted octanol–water partition coefficient (Wildman–Crippen LogP) is 2.28. The summed E-state index contributed by atoms with van der Waals surface area (Å²) in [5.74, 6) is 0.935. The van der Waals surface area contributed by atoms with Crippen LogP contribution in [0.4, 0.5) is 4.39 Å². The number of halogens is 1. The zero-order valence-corrected chi connectivity index (χ0v) is 15.4. The minimum absolute atomic E-state index is 0.176. The van der Waals surface area contributed by atoms with E-state index in [0.29, 0.717) is 0 Å². The molecule has 5 nitrogen and oxygen atoms in total. The number of benzene rings is 1. The second-order valence-corrected chi connectivity index (χ2v) is 7.80. The number of imidazole rings is 1. The van der Waals surface area contributed by atoms with Gasteiger partial charge in [0.05, 0.1) is 19.8 Å². The van der Waals surface area contributed by atoms with Crippen molar-refractivity contribution >= 4 is 0 Å². The normalized spacial score (nSPS) is 25.0. The summed E-state index contributed by atoms with van der Waals surface area (Å²) in [7, 11) is 2.05. The Bertz CT molecular complexity index is 732. The van der Waals surface area contributed by atoms with Gasteiger partial charge in [0.15, 0.2) is 0 Å². The second-order valence-electron chi connectivity index (χ2n) is 7.80. The van der Waals surface area contributed by atoms with Gasteiger partial charge in [-0.2, -0.15) is 0 Å². The molecular weight excluding hydrogens is 331 g/mol. The monoisotopic (exact) mass is 358 g/mol. The van der Waals surface area contributed by atoms with Crippen LogP contribution in [0.3, 0.4) is 0 Å². The fourth-order valence-corrected chi connectivity index (χ4v) is 4.22. The Morgan fingerprint density at radius 3 is 2.62 bits per heavy atom. The first kappa shape index (κ1) is 17.6. The molecule has 3 heterocycles. The Labute approximate surface area is 154 Å². The summed E-state index contributed by atoms with van der Waals surface area (Å²) in [6.45, 7) is 7.42. The van der Waals surface area contributed by atoms with E-state index in [1.165, 1.54) is 0 Å². The third kappa shape index (κ3) is 3.98. The molecule has 2 aliphatic heterocycles. The molecule has 2 aliphatic rings. The molecule has 4 rings (SSSR count). The first-order valence-corrected chi connectivity index (χ1v) is 9.35. The molecule has 1 aromatic heterocycles. The molecule has 6 heteroatoms. The van der Waals surface area contributed by atoms with Crippen LogP contribution in [-0.4, -0.2) is 58.7 Å². The molecule has 1 spiro atoms. The van der Waals surface area contributed by atoms with Gasteiger partial charge in [-0.05, 0) is 30.7 Å². The predicted molar refractivity (Wildman–Crippen MR) is 98.0 cm³/mol. The molecule has 0 bridgehead atoms. The van der Waals surface area contributed by atoms with E-state index in [1.54, 1.807) is 12.1 Å². The Morgan fingerprint density at radius 1 is 1.12 bits per heavy atom. The highest BCUT2D eigenvalue weighted by atomic mass is 19.1. The number of rotatable bonds is 4. The maximum Gasteiger partial charge on any atom is 0.123 e. The Morgan fingerprint density at radius 2 is 1.88 bits per heavy atom. The minimum Gasteiger partial charge on any atom is -0.379 e. The molecule has 1 aromatic carbocycles. The van der Waals surface area contributed by atoms with Gasteiger partial charge >= 0.3 is 0 Å². The summed E-state index contributed by atoms with van der Waals surface area (Å²) in [6, 6.07) is 6.86. The largest absolute Gasteiger partial charge is 0.379 e. The van der Waals surface area contributed by atoms with Crippen molar-refractivity contribution in [3.8, 4) is 0 Å². The molecule has 26 heavy (non-hydrogen) atoms. The van der Waals surface area contributed by atoms with Crippen molar-refractivity contribution in [2.24, 2.45) is 12.5 Å². The third-order valence-electron chi connectivity index (χ3n) is 5.64. The average Bonchev–Trinajstić information content (AvgIpc) is 3.14. The SMILES string of the molecule is Cn1ccnc1CN1CC[C@@]2(COCCN(Cc3ccc(F)cc3)C2)C1. The summed E-state index contributed by atoms with van der Waals surface area (Å²) in [6.07, 6.45) is 5.01. The molecule has 2 aromatic rings. The smallest absolute Gasteiger partial charge is 0.123 e. The molecule has 2 saturated heterocycles. The molecule has 0 radical (unpaired) electrons. The summed E-state index contributed by atoms with van der Waals surface area (Å²) in [4.78, 5) is 9.41. The van der Waals surface area contributed by atoms with Crippen LogP contribution in [-0.2, 0) is 24.9 Å². The summed E-state index contributed by atoms with van der Waals surface area (Å²) < 4.78 is 21.2. The van der Waals surface area contributed by atoms with E-state index < -0.39 is 0 Å². The maximum absolute atomic E-state index is 13.2. The van der Waals surface area contributed by atoms with E-state index in [-0.39, 0.29) is 11.2 Å². The van der Waals surface area contributed by atoms with Crippen LogP contribution in [0.5, 0.6) is 0 Å². The molecule has 0 N–H and O–H groups in total. The van der Waals surface area contributed by atoms with Gasteiger partial charge < -0.3 is 9.30 Å². The van der Waals surface area contributed by atoms with Crippen LogP contribution >= 0.6 is 0 Å². The van der Waals surface area contributed by atoms with Crippen molar-refractivity contribution < 1.29 is 9.13 Å². The van der Waals surface area contributed by atoms with E-state index in [0.717, 1.165) is 70.3 Å². The lowest BCUT2D eigenvalue weighted by Gasteiger charge is -2.32. The zero-order valence-electron chi connectivity index (χ0n) is 15.4. The quantitative estimate of drug-likeness (QED) is 0.840. The first-order valence-electron chi connectivity index (χ1n) is 9.35. The van der Waals surface area contributed by atoms with E-state index >= 15 is 0 Å². The van der Waals surface area contributed by atoms with Gasteiger partial charge in [-0.25, -0.2) is 9.37 Å². The highest BCUT2D eigenvalue weighted by Crippen LogP contribution is 2.34. The molecule has 140 valence electrons. The van der Waals surface area contributed by atoms with Crippen molar-refractivity contribution in [2.75, 3.05) is 39.4 Å². The third-order valence-corrected chi connectivity index (χ3v) is 5.64. The zero-order chi connectivity index (χ0) is 18.0. The molecule has 2 fully saturated rings. The van der Waals surface area contributed by atoms with E-state index in [9.17, 15) is 4.39 Å². The van der Waals surface area contributed by atoms with E-state index in [1.807, 2.05) is 31.6 Å². The highest BCUT2D eigenvalue weighted by Gasteiger charge is 2.41. The van der Waals surface area contributed by atoms with Crippen molar-refractivity contribution in [2.45, 2.75) is 19.5 Å². The van der Waals surface area contributed by atoms with Gasteiger partial charge in [0.25, 0.3) is 0 Å². The van der Waals surface area contributed by atoms with Gasteiger partial charge in [0.2, 0.25) is 0 Å². The van der Waals surface area contributed by atoms with Crippen LogP contribution in [0, 0.1) is 11.2 Å². The lowest BCUT2D eigenvalue weighted by atomic mass is 9.87. The number of likely N-dealkylation sites (tertiary alicyclic amines) is 1. The molecule has 0 unspecified atom stereocenters. The minimum atomic E-state index is -0.176. The molecule has 0 amide bonds. The summed E-state index contributed by atoms with van der Waals surface area (Å²) in [5, 5.41) is 0. The van der Waals surface area contributed by atoms with Gasteiger partial charge in [-0.15, -0.1) is 0 Å². The molecule has 0 saturated carbocycles. The van der Waals surface area contributed by atoms with Crippen molar-refractivity contribution in [1.82, 2.24) is 19.4 Å². The number of aromatic nitrogens is 2. The van der Waals surface area contributed by atoms with Crippen LogP contribution < -0.4 is 0 Å². The fourth-order valence-electron chi connectivity index (χ4n) is 4.22. The number of hydrogen-bond acceptors (Lipinski definition) is 4. The second kappa shape index (κ2) is 7.47. The lowest BCUT2D eigenvalue weighted by molar-refractivity contribution is 0.0703. The van der Waals surface area contributed by atoms with Gasteiger partial charge in [0.1, 0.15) is 11.6 Å². The van der Waals surface area contributed by atoms with Crippen LogP contribution in [0.25, 0.3) is 0 Å². The fraction of sp³-hybridized carbons (Fsp3) is 0.550. The Hall–Kier alpha value is -1.76. The molecule has 0 aliphatic carbocycles. The maximum atomic E-state index is 13.2.